The summed E-state index contributed by atoms with van der Waals surface area (Å²) in [7, 11) is 5.97. The Morgan fingerprint density at radius 1 is 1.15 bits per heavy atom. The van der Waals surface area contributed by atoms with Crippen LogP contribution in [0.15, 0.2) is 24.3 Å². The van der Waals surface area contributed by atoms with Crippen molar-refractivity contribution in [1.82, 2.24) is 15.1 Å². The van der Waals surface area contributed by atoms with Crippen molar-refractivity contribution in [3.05, 3.63) is 29.8 Å². The number of anilines is 1. The fourth-order valence-electron chi connectivity index (χ4n) is 4.13. The molecule has 3 rings (SSSR count). The van der Waals surface area contributed by atoms with Crippen LogP contribution >= 0.6 is 0 Å². The van der Waals surface area contributed by atoms with Crippen LogP contribution < -0.4 is 10.2 Å². The summed E-state index contributed by atoms with van der Waals surface area (Å²) in [6, 6.07) is 8.08. The molecule has 3 amide bonds. The van der Waals surface area contributed by atoms with E-state index >= 15 is 0 Å². The zero-order valence-corrected chi connectivity index (χ0v) is 16.3. The van der Waals surface area contributed by atoms with Crippen LogP contribution in [-0.2, 0) is 11.3 Å². The van der Waals surface area contributed by atoms with Gasteiger partial charge in [-0.05, 0) is 43.5 Å². The van der Waals surface area contributed by atoms with Crippen LogP contribution in [0.4, 0.5) is 10.5 Å². The van der Waals surface area contributed by atoms with Crippen molar-refractivity contribution >= 4 is 17.6 Å². The van der Waals surface area contributed by atoms with Crippen LogP contribution in [0, 0.1) is 5.92 Å². The van der Waals surface area contributed by atoms with Gasteiger partial charge in [-0.3, -0.25) is 9.69 Å². The molecule has 2 fully saturated rings. The number of benzene rings is 1. The molecule has 142 valence electrons. The highest BCUT2D eigenvalue weighted by atomic mass is 16.2. The molecule has 26 heavy (non-hydrogen) atoms. The average Bonchev–Trinajstić information content (AvgIpc) is 2.83. The first-order valence-corrected chi connectivity index (χ1v) is 9.42. The third-order valence-corrected chi connectivity index (χ3v) is 5.79. The van der Waals surface area contributed by atoms with E-state index in [1.807, 2.05) is 26.0 Å². The minimum Gasteiger partial charge on any atom is -0.378 e. The van der Waals surface area contributed by atoms with Crippen molar-refractivity contribution in [3.63, 3.8) is 0 Å². The molecule has 0 bridgehead atoms. The molecule has 1 aliphatic heterocycles. The Morgan fingerprint density at radius 2 is 1.85 bits per heavy atom. The van der Waals surface area contributed by atoms with Gasteiger partial charge in [0.25, 0.3) is 5.91 Å². The molecule has 1 saturated carbocycles. The Morgan fingerprint density at radius 3 is 2.46 bits per heavy atom. The molecule has 1 aromatic carbocycles. The highest BCUT2D eigenvalue weighted by Crippen LogP contribution is 2.38. The number of amides is 3. The molecule has 1 spiro atoms. The van der Waals surface area contributed by atoms with Crippen molar-refractivity contribution in [2.45, 2.75) is 44.7 Å². The molecule has 2 atom stereocenters. The van der Waals surface area contributed by atoms with Crippen LogP contribution in [-0.4, -0.2) is 55.1 Å². The SMILES string of the molecule is C[C@@H]1CCCC[C@]12NC(=O)N(CN(C)Cc1ccc(N(C)C)cc1)C2=O. The number of hydrogen-bond acceptors (Lipinski definition) is 4. The van der Waals surface area contributed by atoms with E-state index in [1.165, 1.54) is 4.90 Å². The van der Waals surface area contributed by atoms with Crippen LogP contribution in [0.1, 0.15) is 38.2 Å². The standard InChI is InChI=1S/C20H30N4O2/c1-15-7-5-6-12-20(15)18(25)24(19(26)21-20)14-23(4)13-16-8-10-17(11-9-16)22(2)3/h8-11,15H,5-7,12-14H2,1-4H3,(H,21,26)/t15-,20+/m1/s1. The monoisotopic (exact) mass is 358 g/mol. The quantitative estimate of drug-likeness (QED) is 0.822. The summed E-state index contributed by atoms with van der Waals surface area (Å²) in [5.74, 6) is 0.145. The number of nitrogens with zero attached hydrogens (tertiary/aromatic N) is 3. The summed E-state index contributed by atoms with van der Waals surface area (Å²) in [5.41, 5.74) is 1.63. The number of urea groups is 1. The van der Waals surface area contributed by atoms with E-state index < -0.39 is 5.54 Å². The molecular formula is C20H30N4O2. The van der Waals surface area contributed by atoms with E-state index in [2.05, 4.69) is 41.4 Å². The maximum absolute atomic E-state index is 13.0. The molecule has 1 saturated heterocycles. The van der Waals surface area contributed by atoms with Crippen molar-refractivity contribution in [1.29, 1.82) is 0 Å². The van der Waals surface area contributed by atoms with E-state index in [1.54, 1.807) is 0 Å². The van der Waals surface area contributed by atoms with Gasteiger partial charge < -0.3 is 10.2 Å². The zero-order valence-electron chi connectivity index (χ0n) is 16.3. The number of rotatable bonds is 5. The summed E-state index contributed by atoms with van der Waals surface area (Å²) >= 11 is 0. The molecule has 1 N–H and O–H groups in total. The highest BCUT2D eigenvalue weighted by Gasteiger charge is 2.54. The largest absolute Gasteiger partial charge is 0.378 e. The van der Waals surface area contributed by atoms with Crippen molar-refractivity contribution in [2.24, 2.45) is 5.92 Å². The zero-order chi connectivity index (χ0) is 18.9. The average molecular weight is 358 g/mol. The van der Waals surface area contributed by atoms with Gasteiger partial charge in [0, 0.05) is 26.3 Å². The van der Waals surface area contributed by atoms with Crippen LogP contribution in [0.3, 0.4) is 0 Å². The normalized spacial score (nSPS) is 25.9. The first-order valence-electron chi connectivity index (χ1n) is 9.42. The lowest BCUT2D eigenvalue weighted by Crippen LogP contribution is -2.54. The smallest absolute Gasteiger partial charge is 0.326 e. The van der Waals surface area contributed by atoms with Crippen LogP contribution in [0.25, 0.3) is 0 Å². The summed E-state index contributed by atoms with van der Waals surface area (Å²) in [5, 5.41) is 3.01. The predicted octanol–water partition coefficient (Wildman–Crippen LogP) is 2.64. The lowest BCUT2D eigenvalue weighted by Gasteiger charge is -2.37. The fourth-order valence-corrected chi connectivity index (χ4v) is 4.13. The topological polar surface area (TPSA) is 55.9 Å². The van der Waals surface area contributed by atoms with Crippen molar-refractivity contribution in [2.75, 3.05) is 32.7 Å². The number of hydrogen-bond donors (Lipinski definition) is 1. The Bertz CT molecular complexity index is 673. The van der Waals surface area contributed by atoms with Crippen molar-refractivity contribution < 1.29 is 9.59 Å². The van der Waals surface area contributed by atoms with Crippen LogP contribution in [0.2, 0.25) is 0 Å². The second-order valence-electron chi connectivity index (χ2n) is 8.00. The molecule has 1 heterocycles. The Balaban J connectivity index is 1.64. The molecule has 0 unspecified atom stereocenters. The summed E-state index contributed by atoms with van der Waals surface area (Å²) in [6.45, 7) is 3.08. The van der Waals surface area contributed by atoms with Gasteiger partial charge in [0.15, 0.2) is 0 Å². The highest BCUT2D eigenvalue weighted by molar-refractivity contribution is 6.07. The van der Waals surface area contributed by atoms with Gasteiger partial charge >= 0.3 is 6.03 Å². The van der Waals surface area contributed by atoms with Gasteiger partial charge in [-0.2, -0.15) is 0 Å². The van der Waals surface area contributed by atoms with E-state index in [0.717, 1.165) is 36.9 Å². The van der Waals surface area contributed by atoms with Gasteiger partial charge in [-0.1, -0.05) is 31.9 Å². The summed E-state index contributed by atoms with van der Waals surface area (Å²) < 4.78 is 0. The van der Waals surface area contributed by atoms with E-state index in [4.69, 9.17) is 0 Å². The first kappa shape index (κ1) is 18.7. The van der Waals surface area contributed by atoms with Crippen LogP contribution in [0.5, 0.6) is 0 Å². The third-order valence-electron chi connectivity index (χ3n) is 5.79. The van der Waals surface area contributed by atoms with Gasteiger partial charge in [-0.25, -0.2) is 9.69 Å². The molecule has 6 heteroatoms. The predicted molar refractivity (Wildman–Crippen MR) is 103 cm³/mol. The number of nitrogens with one attached hydrogen (secondary N) is 1. The van der Waals surface area contributed by atoms with Gasteiger partial charge in [0.05, 0.1) is 6.67 Å². The van der Waals surface area contributed by atoms with Gasteiger partial charge in [0.1, 0.15) is 5.54 Å². The summed E-state index contributed by atoms with van der Waals surface area (Å²) in [6.07, 6.45) is 3.88. The molecule has 1 aromatic rings. The first-order chi connectivity index (χ1) is 12.3. The number of carbonyl (C=O) groups is 2. The maximum Gasteiger partial charge on any atom is 0.326 e. The van der Waals surface area contributed by atoms with Gasteiger partial charge in [-0.15, -0.1) is 0 Å². The maximum atomic E-state index is 13.0. The Hall–Kier alpha value is -2.08. The Kier molecular flexibility index (Phi) is 5.23. The lowest BCUT2D eigenvalue weighted by atomic mass is 9.73. The minimum atomic E-state index is -0.677. The molecule has 2 aliphatic rings. The minimum absolute atomic E-state index is 0.0514. The molecule has 6 nitrogen and oxygen atoms in total. The third kappa shape index (κ3) is 3.43. The molecule has 0 radical (unpaired) electrons. The van der Waals surface area contributed by atoms with E-state index in [0.29, 0.717) is 13.2 Å². The molecule has 1 aliphatic carbocycles. The second kappa shape index (κ2) is 7.27. The van der Waals surface area contributed by atoms with E-state index in [9.17, 15) is 9.59 Å². The fraction of sp³-hybridized carbons (Fsp3) is 0.600. The summed E-state index contributed by atoms with van der Waals surface area (Å²) in [4.78, 5) is 30.9. The molecular weight excluding hydrogens is 328 g/mol. The van der Waals surface area contributed by atoms with Crippen molar-refractivity contribution in [3.8, 4) is 0 Å². The number of carbonyl (C=O) groups excluding carboxylic acids is 2. The Labute approximate surface area is 156 Å². The van der Waals surface area contributed by atoms with Gasteiger partial charge in [0.2, 0.25) is 0 Å². The second-order valence-corrected chi connectivity index (χ2v) is 8.00. The van der Waals surface area contributed by atoms with E-state index in [-0.39, 0.29) is 17.9 Å². The lowest BCUT2D eigenvalue weighted by molar-refractivity contribution is -0.135. The number of imide groups is 1. The molecule has 0 aromatic heterocycles.